The standard InChI is InChI=1S/C11H12BrN3O3/c1-7(5-13)17-2-3-18-11(16)8-4-10(14)15-6-9(8)12/h4,6-7H,2-3H2,1H3,(H2,14,15). The van der Waals surface area contributed by atoms with Crippen molar-refractivity contribution in [2.45, 2.75) is 13.0 Å². The third-order valence-corrected chi connectivity index (χ3v) is 2.59. The van der Waals surface area contributed by atoms with Gasteiger partial charge < -0.3 is 15.2 Å². The molecular formula is C11H12BrN3O3. The second-order valence-electron chi connectivity index (χ2n) is 3.37. The van der Waals surface area contributed by atoms with E-state index in [1.54, 1.807) is 6.92 Å². The number of nitriles is 1. The lowest BCUT2D eigenvalue weighted by atomic mass is 10.2. The Hall–Kier alpha value is -1.65. The van der Waals surface area contributed by atoms with E-state index < -0.39 is 12.1 Å². The predicted molar refractivity (Wildman–Crippen MR) is 67.7 cm³/mol. The molecular weight excluding hydrogens is 302 g/mol. The van der Waals surface area contributed by atoms with Crippen molar-refractivity contribution in [1.29, 1.82) is 5.26 Å². The molecule has 0 aliphatic rings. The van der Waals surface area contributed by atoms with Gasteiger partial charge in [0.2, 0.25) is 0 Å². The van der Waals surface area contributed by atoms with E-state index in [0.29, 0.717) is 10.0 Å². The first kappa shape index (κ1) is 14.4. The number of aromatic nitrogens is 1. The quantitative estimate of drug-likeness (QED) is 0.653. The maximum atomic E-state index is 11.7. The summed E-state index contributed by atoms with van der Waals surface area (Å²) in [5.41, 5.74) is 5.78. The SMILES string of the molecule is CC(C#N)OCCOC(=O)c1cc(N)ncc1Br. The van der Waals surface area contributed by atoms with Crippen LogP contribution in [0.15, 0.2) is 16.7 Å². The summed E-state index contributed by atoms with van der Waals surface area (Å²) in [5.74, 6) is -0.288. The molecule has 1 atom stereocenters. The molecule has 0 saturated carbocycles. The lowest BCUT2D eigenvalue weighted by Crippen LogP contribution is -2.15. The van der Waals surface area contributed by atoms with Gasteiger partial charge in [0.25, 0.3) is 0 Å². The van der Waals surface area contributed by atoms with Crippen molar-refractivity contribution in [3.8, 4) is 6.07 Å². The van der Waals surface area contributed by atoms with Crippen LogP contribution in [0.5, 0.6) is 0 Å². The minimum Gasteiger partial charge on any atom is -0.460 e. The highest BCUT2D eigenvalue weighted by Crippen LogP contribution is 2.18. The van der Waals surface area contributed by atoms with Gasteiger partial charge in [-0.05, 0) is 28.9 Å². The third-order valence-electron chi connectivity index (χ3n) is 1.96. The number of hydrogen-bond donors (Lipinski definition) is 1. The molecule has 7 heteroatoms. The van der Waals surface area contributed by atoms with Gasteiger partial charge in [0, 0.05) is 6.20 Å². The van der Waals surface area contributed by atoms with Crippen LogP contribution in [0.4, 0.5) is 5.82 Å². The number of rotatable bonds is 5. The summed E-state index contributed by atoms with van der Waals surface area (Å²) in [6, 6.07) is 3.33. The van der Waals surface area contributed by atoms with E-state index in [0.717, 1.165) is 0 Å². The molecule has 0 amide bonds. The maximum absolute atomic E-state index is 11.7. The van der Waals surface area contributed by atoms with Crippen molar-refractivity contribution < 1.29 is 14.3 Å². The molecule has 1 heterocycles. The van der Waals surface area contributed by atoms with Crippen molar-refractivity contribution in [2.24, 2.45) is 0 Å². The van der Waals surface area contributed by atoms with Crippen LogP contribution in [0.1, 0.15) is 17.3 Å². The molecule has 1 aromatic heterocycles. The van der Waals surface area contributed by atoms with E-state index in [-0.39, 0.29) is 19.0 Å². The van der Waals surface area contributed by atoms with Crippen LogP contribution in [0.25, 0.3) is 0 Å². The zero-order valence-electron chi connectivity index (χ0n) is 9.72. The number of ether oxygens (including phenoxy) is 2. The van der Waals surface area contributed by atoms with E-state index in [9.17, 15) is 4.79 Å². The molecule has 0 bridgehead atoms. The number of pyridine rings is 1. The summed E-state index contributed by atoms with van der Waals surface area (Å²) in [6.07, 6.45) is 0.909. The predicted octanol–water partition coefficient (Wildman–Crippen LogP) is 1.51. The van der Waals surface area contributed by atoms with Crippen LogP contribution in [0.2, 0.25) is 0 Å². The summed E-state index contributed by atoms with van der Waals surface area (Å²) in [6.45, 7) is 1.85. The van der Waals surface area contributed by atoms with E-state index in [4.69, 9.17) is 20.5 Å². The zero-order chi connectivity index (χ0) is 13.5. The van der Waals surface area contributed by atoms with Crippen molar-refractivity contribution in [2.75, 3.05) is 18.9 Å². The minimum atomic E-state index is -0.524. The fourth-order valence-electron chi connectivity index (χ4n) is 1.09. The fraction of sp³-hybridized carbons (Fsp3) is 0.364. The number of hydrogen-bond acceptors (Lipinski definition) is 6. The molecule has 0 radical (unpaired) electrons. The highest BCUT2D eigenvalue weighted by atomic mass is 79.9. The van der Waals surface area contributed by atoms with Crippen LogP contribution in [-0.4, -0.2) is 30.3 Å². The Labute approximate surface area is 113 Å². The van der Waals surface area contributed by atoms with Crippen LogP contribution in [0.3, 0.4) is 0 Å². The molecule has 96 valence electrons. The number of carbonyl (C=O) groups is 1. The topological polar surface area (TPSA) is 98.2 Å². The van der Waals surface area contributed by atoms with E-state index in [1.165, 1.54) is 12.3 Å². The molecule has 1 unspecified atom stereocenters. The monoisotopic (exact) mass is 313 g/mol. The summed E-state index contributed by atoms with van der Waals surface area (Å²) < 4.78 is 10.5. The molecule has 0 saturated heterocycles. The molecule has 2 N–H and O–H groups in total. The van der Waals surface area contributed by atoms with Crippen molar-refractivity contribution in [3.63, 3.8) is 0 Å². The normalized spacial score (nSPS) is 11.6. The second-order valence-corrected chi connectivity index (χ2v) is 4.22. The van der Waals surface area contributed by atoms with Crippen LogP contribution in [-0.2, 0) is 9.47 Å². The third kappa shape index (κ3) is 4.31. The molecule has 0 aromatic carbocycles. The number of halogens is 1. The van der Waals surface area contributed by atoms with Crippen LogP contribution < -0.4 is 5.73 Å². The van der Waals surface area contributed by atoms with Crippen LogP contribution >= 0.6 is 15.9 Å². The fourth-order valence-corrected chi connectivity index (χ4v) is 1.46. The lowest BCUT2D eigenvalue weighted by molar-refractivity contribution is 0.0247. The molecule has 18 heavy (non-hydrogen) atoms. The molecule has 1 rings (SSSR count). The first-order chi connectivity index (χ1) is 8.54. The Morgan fingerprint density at radius 3 is 3.06 bits per heavy atom. The van der Waals surface area contributed by atoms with Gasteiger partial charge in [-0.1, -0.05) is 0 Å². The van der Waals surface area contributed by atoms with Crippen molar-refractivity contribution >= 4 is 27.7 Å². The molecule has 0 fully saturated rings. The number of nitrogens with two attached hydrogens (primary N) is 1. The van der Waals surface area contributed by atoms with Crippen molar-refractivity contribution in [1.82, 2.24) is 4.98 Å². The van der Waals surface area contributed by atoms with E-state index in [1.807, 2.05) is 6.07 Å². The number of carbonyl (C=O) groups excluding carboxylic acids is 1. The van der Waals surface area contributed by atoms with Gasteiger partial charge in [0.15, 0.2) is 0 Å². The summed E-state index contributed by atoms with van der Waals surface area (Å²) >= 11 is 3.18. The largest absolute Gasteiger partial charge is 0.460 e. The zero-order valence-corrected chi connectivity index (χ0v) is 11.3. The Morgan fingerprint density at radius 2 is 2.39 bits per heavy atom. The molecule has 0 aliphatic carbocycles. The molecule has 0 aliphatic heterocycles. The number of nitrogen functional groups attached to an aromatic ring is 1. The van der Waals surface area contributed by atoms with Crippen LogP contribution in [0, 0.1) is 11.3 Å². The molecule has 6 nitrogen and oxygen atoms in total. The number of nitrogens with zero attached hydrogens (tertiary/aromatic N) is 2. The summed E-state index contributed by atoms with van der Waals surface area (Å²) in [4.78, 5) is 15.5. The first-order valence-corrected chi connectivity index (χ1v) is 5.93. The summed E-state index contributed by atoms with van der Waals surface area (Å²) in [5, 5.41) is 8.48. The first-order valence-electron chi connectivity index (χ1n) is 5.14. The van der Waals surface area contributed by atoms with E-state index in [2.05, 4.69) is 20.9 Å². The Kier molecular flexibility index (Phi) is 5.55. The highest BCUT2D eigenvalue weighted by molar-refractivity contribution is 9.10. The average molecular weight is 314 g/mol. The Bertz CT molecular complexity index is 473. The highest BCUT2D eigenvalue weighted by Gasteiger charge is 2.12. The molecule has 0 spiro atoms. The number of anilines is 1. The Balaban J connectivity index is 2.46. The molecule has 1 aromatic rings. The summed E-state index contributed by atoms with van der Waals surface area (Å²) in [7, 11) is 0. The van der Waals surface area contributed by atoms with Gasteiger partial charge in [-0.3, -0.25) is 0 Å². The maximum Gasteiger partial charge on any atom is 0.339 e. The smallest absolute Gasteiger partial charge is 0.339 e. The van der Waals surface area contributed by atoms with Gasteiger partial charge in [0.05, 0.1) is 22.7 Å². The average Bonchev–Trinajstić information content (AvgIpc) is 2.36. The van der Waals surface area contributed by atoms with Gasteiger partial charge in [-0.2, -0.15) is 5.26 Å². The van der Waals surface area contributed by atoms with E-state index >= 15 is 0 Å². The number of esters is 1. The van der Waals surface area contributed by atoms with Gasteiger partial charge in [0.1, 0.15) is 18.5 Å². The van der Waals surface area contributed by atoms with Gasteiger partial charge in [-0.25, -0.2) is 9.78 Å². The second kappa shape index (κ2) is 6.93. The van der Waals surface area contributed by atoms with Crippen molar-refractivity contribution in [3.05, 3.63) is 22.3 Å². The Morgan fingerprint density at radius 1 is 1.67 bits per heavy atom. The van der Waals surface area contributed by atoms with Gasteiger partial charge >= 0.3 is 5.97 Å². The lowest BCUT2D eigenvalue weighted by Gasteiger charge is -2.08. The minimum absolute atomic E-state index is 0.0690. The van der Waals surface area contributed by atoms with Gasteiger partial charge in [-0.15, -0.1) is 0 Å².